The number of rotatable bonds is 4. The predicted octanol–water partition coefficient (Wildman–Crippen LogP) is 5.66. The van der Waals surface area contributed by atoms with Gasteiger partial charge in [0.15, 0.2) is 11.5 Å². The maximum Gasteiger partial charge on any atom is 0.410 e. The van der Waals surface area contributed by atoms with E-state index in [2.05, 4.69) is 18.2 Å². The largest absolute Gasteiger partial charge is 0.493 e. The molecule has 0 saturated carbocycles. The normalized spacial score (nSPS) is 15.8. The van der Waals surface area contributed by atoms with Gasteiger partial charge in [0.05, 0.1) is 19.9 Å². The zero-order valence-corrected chi connectivity index (χ0v) is 20.1. The highest BCUT2D eigenvalue weighted by Crippen LogP contribution is 2.38. The van der Waals surface area contributed by atoms with Crippen molar-refractivity contribution in [2.24, 2.45) is 0 Å². The summed E-state index contributed by atoms with van der Waals surface area (Å²) in [5, 5.41) is 0. The van der Waals surface area contributed by atoms with Crippen molar-refractivity contribution in [1.29, 1.82) is 0 Å². The summed E-state index contributed by atoms with van der Waals surface area (Å²) in [4.78, 5) is 19.1. The lowest BCUT2D eigenvalue weighted by atomic mass is 9.95. The number of carbonyl (C=O) groups is 1. The number of ether oxygens (including phenoxy) is 3. The van der Waals surface area contributed by atoms with Crippen LogP contribution < -0.4 is 9.47 Å². The fourth-order valence-corrected chi connectivity index (χ4v) is 4.29. The highest BCUT2D eigenvalue weighted by atomic mass is 16.6. The molecule has 1 aliphatic carbocycles. The number of carbonyl (C=O) groups excluding carboxylic acids is 1. The minimum absolute atomic E-state index is 0.240. The molecule has 33 heavy (non-hydrogen) atoms. The van der Waals surface area contributed by atoms with Gasteiger partial charge in [0, 0.05) is 36.8 Å². The molecule has 0 radical (unpaired) electrons. The summed E-state index contributed by atoms with van der Waals surface area (Å²) in [6.07, 6.45) is 8.62. The molecule has 0 bridgehead atoms. The van der Waals surface area contributed by atoms with Crippen LogP contribution in [0.1, 0.15) is 44.9 Å². The molecule has 0 atom stereocenters. The van der Waals surface area contributed by atoms with Gasteiger partial charge in [-0.2, -0.15) is 0 Å². The third-order valence-corrected chi connectivity index (χ3v) is 5.92. The molecular formula is C27H32N2O4. The van der Waals surface area contributed by atoms with Gasteiger partial charge in [-0.05, 0) is 68.5 Å². The molecule has 0 N–H and O–H groups in total. The molecule has 2 heterocycles. The van der Waals surface area contributed by atoms with Crippen LogP contribution in [0.2, 0.25) is 0 Å². The average molecular weight is 449 g/mol. The van der Waals surface area contributed by atoms with Gasteiger partial charge in [-0.1, -0.05) is 18.2 Å². The van der Waals surface area contributed by atoms with Gasteiger partial charge in [0.1, 0.15) is 5.60 Å². The quantitative estimate of drug-likeness (QED) is 0.604. The highest BCUT2D eigenvalue weighted by molar-refractivity contribution is 5.85. The molecule has 0 fully saturated rings. The number of hydrogen-bond acceptors (Lipinski definition) is 5. The van der Waals surface area contributed by atoms with Crippen LogP contribution in [0.15, 0.2) is 48.2 Å². The topological polar surface area (TPSA) is 60.9 Å². The Labute approximate surface area is 195 Å². The lowest BCUT2D eigenvalue weighted by Gasteiger charge is -2.26. The smallest absolute Gasteiger partial charge is 0.410 e. The van der Waals surface area contributed by atoms with Gasteiger partial charge in [0.2, 0.25) is 0 Å². The fourth-order valence-electron chi connectivity index (χ4n) is 4.29. The minimum Gasteiger partial charge on any atom is -0.493 e. The summed E-state index contributed by atoms with van der Waals surface area (Å²) in [5.74, 6) is 1.40. The van der Waals surface area contributed by atoms with E-state index in [1.807, 2.05) is 50.1 Å². The van der Waals surface area contributed by atoms with Crippen molar-refractivity contribution in [1.82, 2.24) is 9.88 Å². The molecule has 0 spiro atoms. The van der Waals surface area contributed by atoms with Gasteiger partial charge < -0.3 is 19.1 Å². The summed E-state index contributed by atoms with van der Waals surface area (Å²) in [5.41, 5.74) is 6.32. The van der Waals surface area contributed by atoms with Gasteiger partial charge in [-0.3, -0.25) is 4.98 Å². The number of methoxy groups -OCH3 is 2. The van der Waals surface area contributed by atoms with Crippen molar-refractivity contribution >= 4 is 11.7 Å². The number of allylic oxidation sites excluding steroid dienone is 2. The molecule has 1 amide bonds. The van der Waals surface area contributed by atoms with Crippen LogP contribution in [0.4, 0.5) is 4.79 Å². The first-order valence-corrected chi connectivity index (χ1v) is 11.4. The number of pyridine rings is 1. The SMILES string of the molecule is COc1ccc(-c2cnc3c(c2)C(C2=CCCN(C(=O)OC(C)(C)C)CC2)=CC3)cc1OC. The third-order valence-electron chi connectivity index (χ3n) is 5.92. The van der Waals surface area contributed by atoms with E-state index in [-0.39, 0.29) is 6.09 Å². The molecule has 1 aromatic carbocycles. The molecule has 4 rings (SSSR count). The third kappa shape index (κ3) is 5.05. The van der Waals surface area contributed by atoms with E-state index in [9.17, 15) is 4.79 Å². The van der Waals surface area contributed by atoms with Gasteiger partial charge in [-0.25, -0.2) is 4.79 Å². The van der Waals surface area contributed by atoms with Crippen LogP contribution in [-0.2, 0) is 11.2 Å². The first-order chi connectivity index (χ1) is 15.8. The summed E-state index contributed by atoms with van der Waals surface area (Å²) < 4.78 is 16.4. The van der Waals surface area contributed by atoms with Crippen molar-refractivity contribution in [3.63, 3.8) is 0 Å². The van der Waals surface area contributed by atoms with E-state index in [1.54, 1.807) is 14.2 Å². The van der Waals surface area contributed by atoms with Crippen molar-refractivity contribution in [3.8, 4) is 22.6 Å². The summed E-state index contributed by atoms with van der Waals surface area (Å²) in [6, 6.07) is 8.12. The van der Waals surface area contributed by atoms with Crippen LogP contribution >= 0.6 is 0 Å². The minimum atomic E-state index is -0.487. The predicted molar refractivity (Wildman–Crippen MR) is 130 cm³/mol. The number of hydrogen-bond donors (Lipinski definition) is 0. The fraction of sp³-hybridized carbons (Fsp3) is 0.407. The molecule has 6 heteroatoms. The Morgan fingerprint density at radius 2 is 1.79 bits per heavy atom. The molecule has 0 saturated heterocycles. The van der Waals surface area contributed by atoms with Crippen LogP contribution in [0.25, 0.3) is 16.7 Å². The van der Waals surface area contributed by atoms with Crippen LogP contribution in [0.5, 0.6) is 11.5 Å². The van der Waals surface area contributed by atoms with Crippen molar-refractivity contribution < 1.29 is 19.0 Å². The molecule has 2 aromatic rings. The number of fused-ring (bicyclic) bond motifs is 1. The molecular weight excluding hydrogens is 416 g/mol. The monoisotopic (exact) mass is 448 g/mol. The van der Waals surface area contributed by atoms with Crippen LogP contribution in [0.3, 0.4) is 0 Å². The van der Waals surface area contributed by atoms with E-state index < -0.39 is 5.60 Å². The second-order valence-corrected chi connectivity index (χ2v) is 9.35. The Morgan fingerprint density at radius 3 is 2.52 bits per heavy atom. The zero-order chi connectivity index (χ0) is 23.6. The first kappa shape index (κ1) is 22.9. The maximum atomic E-state index is 12.5. The molecule has 1 aliphatic heterocycles. The highest BCUT2D eigenvalue weighted by Gasteiger charge is 2.25. The number of benzene rings is 1. The van der Waals surface area contributed by atoms with E-state index in [1.165, 1.54) is 16.7 Å². The van der Waals surface area contributed by atoms with E-state index in [0.29, 0.717) is 24.6 Å². The van der Waals surface area contributed by atoms with Crippen LogP contribution in [-0.4, -0.2) is 48.9 Å². The van der Waals surface area contributed by atoms with Gasteiger partial charge in [-0.15, -0.1) is 0 Å². The Hall–Kier alpha value is -3.28. The average Bonchev–Trinajstić information content (AvgIpc) is 3.05. The molecule has 2 aliphatic rings. The summed E-state index contributed by atoms with van der Waals surface area (Å²) in [7, 11) is 3.28. The lowest BCUT2D eigenvalue weighted by molar-refractivity contribution is 0.0259. The molecule has 6 nitrogen and oxygen atoms in total. The van der Waals surface area contributed by atoms with Gasteiger partial charge in [0.25, 0.3) is 0 Å². The zero-order valence-electron chi connectivity index (χ0n) is 20.1. The Kier molecular flexibility index (Phi) is 6.45. The van der Waals surface area contributed by atoms with E-state index >= 15 is 0 Å². The molecule has 1 aromatic heterocycles. The van der Waals surface area contributed by atoms with Crippen molar-refractivity contribution in [3.05, 3.63) is 59.4 Å². The maximum absolute atomic E-state index is 12.5. The van der Waals surface area contributed by atoms with E-state index in [4.69, 9.17) is 19.2 Å². The van der Waals surface area contributed by atoms with E-state index in [0.717, 1.165) is 36.1 Å². The molecule has 174 valence electrons. The summed E-state index contributed by atoms with van der Waals surface area (Å²) >= 11 is 0. The standard InChI is InChI=1S/C27H32N2O4/c1-27(2,3)33-26(30)29-13-6-7-18(12-14-29)21-9-10-23-22(21)15-20(17-28-23)19-8-11-24(31-4)25(16-19)32-5/h7-9,11,15-17H,6,10,12-14H2,1-5H3. The van der Waals surface area contributed by atoms with Crippen molar-refractivity contribution in [2.45, 2.75) is 45.6 Å². The number of nitrogens with zero attached hydrogens (tertiary/aromatic N) is 2. The molecule has 0 unspecified atom stereocenters. The second-order valence-electron chi connectivity index (χ2n) is 9.35. The van der Waals surface area contributed by atoms with Crippen molar-refractivity contribution in [2.75, 3.05) is 27.3 Å². The summed E-state index contributed by atoms with van der Waals surface area (Å²) in [6.45, 7) is 7.01. The van der Waals surface area contributed by atoms with Crippen LogP contribution in [0, 0.1) is 0 Å². The Morgan fingerprint density at radius 1 is 1.00 bits per heavy atom. The number of amides is 1. The lowest BCUT2D eigenvalue weighted by Crippen LogP contribution is -2.37. The number of aromatic nitrogens is 1. The second kappa shape index (κ2) is 9.30. The Bertz CT molecular complexity index is 1110. The Balaban J connectivity index is 1.54. The van der Waals surface area contributed by atoms with Gasteiger partial charge >= 0.3 is 6.09 Å². The first-order valence-electron chi connectivity index (χ1n) is 11.4.